The lowest BCUT2D eigenvalue weighted by Crippen LogP contribution is -2.49. The SMILES string of the molecule is CCC1CCNC(C(=O)NCCC(=O)OC)C1. The molecule has 1 amide bonds. The van der Waals surface area contributed by atoms with Crippen molar-refractivity contribution in [3.63, 3.8) is 0 Å². The van der Waals surface area contributed by atoms with E-state index in [-0.39, 0.29) is 24.3 Å². The van der Waals surface area contributed by atoms with Crippen molar-refractivity contribution in [3.8, 4) is 0 Å². The average Bonchev–Trinajstić information content (AvgIpc) is 2.38. The van der Waals surface area contributed by atoms with Crippen LogP contribution in [0.15, 0.2) is 0 Å². The fraction of sp³-hybridized carbons (Fsp3) is 0.833. The maximum atomic E-state index is 11.8. The number of carbonyl (C=O) groups is 2. The first-order valence-electron chi connectivity index (χ1n) is 6.25. The normalized spacial score (nSPS) is 24.1. The van der Waals surface area contributed by atoms with E-state index in [0.29, 0.717) is 12.5 Å². The zero-order valence-corrected chi connectivity index (χ0v) is 10.6. The van der Waals surface area contributed by atoms with E-state index >= 15 is 0 Å². The van der Waals surface area contributed by atoms with Crippen LogP contribution < -0.4 is 10.6 Å². The van der Waals surface area contributed by atoms with Gasteiger partial charge < -0.3 is 15.4 Å². The van der Waals surface area contributed by atoms with Gasteiger partial charge in [-0.25, -0.2) is 0 Å². The molecule has 0 aromatic heterocycles. The second-order valence-electron chi connectivity index (χ2n) is 4.42. The van der Waals surface area contributed by atoms with Gasteiger partial charge in [-0.2, -0.15) is 0 Å². The second-order valence-corrected chi connectivity index (χ2v) is 4.42. The molecule has 0 bridgehead atoms. The molecular weight excluding hydrogens is 220 g/mol. The van der Waals surface area contributed by atoms with Crippen molar-refractivity contribution in [2.24, 2.45) is 5.92 Å². The molecule has 0 saturated carbocycles. The number of hydrogen-bond donors (Lipinski definition) is 2. The molecule has 1 aliphatic heterocycles. The molecule has 1 rings (SSSR count). The number of piperidine rings is 1. The smallest absolute Gasteiger partial charge is 0.307 e. The van der Waals surface area contributed by atoms with Gasteiger partial charge in [-0.05, 0) is 25.3 Å². The van der Waals surface area contributed by atoms with Gasteiger partial charge in [0.25, 0.3) is 0 Å². The molecule has 2 atom stereocenters. The quantitative estimate of drug-likeness (QED) is 0.687. The molecule has 2 N–H and O–H groups in total. The maximum Gasteiger partial charge on any atom is 0.307 e. The summed E-state index contributed by atoms with van der Waals surface area (Å²) in [6, 6.07) is -0.105. The summed E-state index contributed by atoms with van der Waals surface area (Å²) in [7, 11) is 1.35. The zero-order valence-electron chi connectivity index (χ0n) is 10.6. The van der Waals surface area contributed by atoms with Crippen LogP contribution in [0.5, 0.6) is 0 Å². The molecule has 0 spiro atoms. The van der Waals surface area contributed by atoms with Crippen molar-refractivity contribution >= 4 is 11.9 Å². The van der Waals surface area contributed by atoms with E-state index in [1.807, 2.05) is 0 Å². The van der Waals surface area contributed by atoms with Gasteiger partial charge in [0, 0.05) is 6.54 Å². The number of carbonyl (C=O) groups excluding carboxylic acids is 2. The lowest BCUT2D eigenvalue weighted by Gasteiger charge is -2.28. The van der Waals surface area contributed by atoms with Crippen molar-refractivity contribution in [2.75, 3.05) is 20.2 Å². The number of ether oxygens (including phenoxy) is 1. The predicted molar refractivity (Wildman–Crippen MR) is 64.4 cm³/mol. The summed E-state index contributed by atoms with van der Waals surface area (Å²) in [5, 5.41) is 5.97. The van der Waals surface area contributed by atoms with E-state index in [2.05, 4.69) is 22.3 Å². The Labute approximate surface area is 102 Å². The Morgan fingerprint density at radius 1 is 1.47 bits per heavy atom. The molecule has 5 heteroatoms. The molecular formula is C12H22N2O3. The van der Waals surface area contributed by atoms with Crippen LogP contribution in [0.25, 0.3) is 0 Å². The molecule has 5 nitrogen and oxygen atoms in total. The number of nitrogens with one attached hydrogen (secondary N) is 2. The monoisotopic (exact) mass is 242 g/mol. The van der Waals surface area contributed by atoms with Crippen molar-refractivity contribution < 1.29 is 14.3 Å². The van der Waals surface area contributed by atoms with E-state index in [1.165, 1.54) is 7.11 Å². The van der Waals surface area contributed by atoms with Crippen LogP contribution >= 0.6 is 0 Å². The van der Waals surface area contributed by atoms with Crippen molar-refractivity contribution in [1.82, 2.24) is 10.6 Å². The van der Waals surface area contributed by atoms with Gasteiger partial charge >= 0.3 is 5.97 Å². The number of rotatable bonds is 5. The lowest BCUT2D eigenvalue weighted by molar-refractivity contribution is -0.140. The highest BCUT2D eigenvalue weighted by atomic mass is 16.5. The van der Waals surface area contributed by atoms with E-state index in [9.17, 15) is 9.59 Å². The topological polar surface area (TPSA) is 67.4 Å². The highest BCUT2D eigenvalue weighted by Crippen LogP contribution is 2.19. The van der Waals surface area contributed by atoms with Crippen LogP contribution in [-0.4, -0.2) is 38.1 Å². The fourth-order valence-electron chi connectivity index (χ4n) is 2.08. The highest BCUT2D eigenvalue weighted by molar-refractivity contribution is 5.82. The van der Waals surface area contributed by atoms with E-state index in [1.54, 1.807) is 0 Å². The number of amides is 1. The van der Waals surface area contributed by atoms with Crippen LogP contribution in [0.1, 0.15) is 32.6 Å². The third-order valence-electron chi connectivity index (χ3n) is 3.26. The zero-order chi connectivity index (χ0) is 12.7. The minimum atomic E-state index is -0.298. The molecule has 1 fully saturated rings. The summed E-state index contributed by atoms with van der Waals surface area (Å²) in [6.45, 7) is 3.40. The van der Waals surface area contributed by atoms with Crippen molar-refractivity contribution in [1.29, 1.82) is 0 Å². The van der Waals surface area contributed by atoms with E-state index < -0.39 is 0 Å². The fourth-order valence-corrected chi connectivity index (χ4v) is 2.08. The molecule has 0 aromatic rings. The summed E-state index contributed by atoms with van der Waals surface area (Å²) < 4.78 is 4.51. The van der Waals surface area contributed by atoms with Gasteiger partial charge in [-0.15, -0.1) is 0 Å². The van der Waals surface area contributed by atoms with Crippen molar-refractivity contribution in [2.45, 2.75) is 38.6 Å². The minimum Gasteiger partial charge on any atom is -0.469 e. The lowest BCUT2D eigenvalue weighted by atomic mass is 9.90. The summed E-state index contributed by atoms with van der Waals surface area (Å²) in [4.78, 5) is 22.7. The Balaban J connectivity index is 2.25. The van der Waals surface area contributed by atoms with Gasteiger partial charge in [0.1, 0.15) is 0 Å². The largest absolute Gasteiger partial charge is 0.469 e. The molecule has 1 saturated heterocycles. The molecule has 1 heterocycles. The molecule has 17 heavy (non-hydrogen) atoms. The third kappa shape index (κ3) is 4.73. The predicted octanol–water partition coefficient (Wildman–Crippen LogP) is 0.444. The summed E-state index contributed by atoms with van der Waals surface area (Å²) in [6.07, 6.45) is 3.38. The summed E-state index contributed by atoms with van der Waals surface area (Å²) in [5.41, 5.74) is 0. The number of hydrogen-bond acceptors (Lipinski definition) is 4. The first kappa shape index (κ1) is 14.0. The standard InChI is InChI=1S/C12H22N2O3/c1-3-9-4-6-13-10(8-9)12(16)14-7-5-11(15)17-2/h9-10,13H,3-8H2,1-2H3,(H,14,16). The molecule has 0 radical (unpaired) electrons. The van der Waals surface area contributed by atoms with Gasteiger partial charge in [-0.1, -0.05) is 13.3 Å². The first-order valence-corrected chi connectivity index (χ1v) is 6.25. The molecule has 98 valence electrons. The second kappa shape index (κ2) is 7.27. The minimum absolute atomic E-state index is 0.00736. The Hall–Kier alpha value is -1.10. The van der Waals surface area contributed by atoms with Gasteiger partial charge in [0.15, 0.2) is 0 Å². The van der Waals surface area contributed by atoms with E-state index in [4.69, 9.17) is 0 Å². The van der Waals surface area contributed by atoms with Gasteiger partial charge in [-0.3, -0.25) is 9.59 Å². The third-order valence-corrected chi connectivity index (χ3v) is 3.26. The van der Waals surface area contributed by atoms with Gasteiger partial charge in [0.2, 0.25) is 5.91 Å². The van der Waals surface area contributed by atoms with Crippen LogP contribution in [0.4, 0.5) is 0 Å². The number of methoxy groups -OCH3 is 1. The highest BCUT2D eigenvalue weighted by Gasteiger charge is 2.25. The van der Waals surface area contributed by atoms with Crippen molar-refractivity contribution in [3.05, 3.63) is 0 Å². The molecule has 0 aromatic carbocycles. The Morgan fingerprint density at radius 3 is 2.88 bits per heavy atom. The van der Waals surface area contributed by atoms with Crippen LogP contribution in [0.2, 0.25) is 0 Å². The van der Waals surface area contributed by atoms with E-state index in [0.717, 1.165) is 25.8 Å². The molecule has 1 aliphatic rings. The number of esters is 1. The Bertz CT molecular complexity index is 268. The average molecular weight is 242 g/mol. The summed E-state index contributed by atoms with van der Waals surface area (Å²) >= 11 is 0. The van der Waals surface area contributed by atoms with Crippen LogP contribution in [-0.2, 0) is 14.3 Å². The van der Waals surface area contributed by atoms with Crippen LogP contribution in [0, 0.1) is 5.92 Å². The molecule has 2 unspecified atom stereocenters. The Morgan fingerprint density at radius 2 is 2.24 bits per heavy atom. The summed E-state index contributed by atoms with van der Waals surface area (Å²) in [5.74, 6) is 0.327. The maximum absolute atomic E-state index is 11.8. The first-order chi connectivity index (χ1) is 8.17. The van der Waals surface area contributed by atoms with Gasteiger partial charge in [0.05, 0.1) is 19.6 Å². The van der Waals surface area contributed by atoms with Crippen LogP contribution in [0.3, 0.4) is 0 Å². The Kier molecular flexibility index (Phi) is 5.97. The molecule has 0 aliphatic carbocycles.